The lowest BCUT2D eigenvalue weighted by atomic mass is 10.1. The molecule has 0 amide bonds. The van der Waals surface area contributed by atoms with Gasteiger partial charge < -0.3 is 5.32 Å². The summed E-state index contributed by atoms with van der Waals surface area (Å²) in [6, 6.07) is 8.14. The van der Waals surface area contributed by atoms with Crippen LogP contribution in [0.1, 0.15) is 43.8 Å². The van der Waals surface area contributed by atoms with Crippen molar-refractivity contribution in [2.45, 2.75) is 46.3 Å². The smallest absolute Gasteiger partial charge is 0.0767 e. The Labute approximate surface area is 139 Å². The van der Waals surface area contributed by atoms with Gasteiger partial charge >= 0.3 is 0 Å². The third-order valence-electron chi connectivity index (χ3n) is 3.64. The highest BCUT2D eigenvalue weighted by Gasteiger charge is 2.15. The molecule has 3 nitrogen and oxygen atoms in total. The van der Waals surface area contributed by atoms with E-state index in [0.29, 0.717) is 0 Å². The first-order chi connectivity index (χ1) is 10.1. The Morgan fingerprint density at radius 3 is 2.67 bits per heavy atom. The largest absolute Gasteiger partial charge is 0.304 e. The highest BCUT2D eigenvalue weighted by Crippen LogP contribution is 2.25. The van der Waals surface area contributed by atoms with E-state index in [9.17, 15) is 0 Å². The molecule has 1 atom stereocenters. The lowest BCUT2D eigenvalue weighted by molar-refractivity contribution is 0.529. The highest BCUT2D eigenvalue weighted by atomic mass is 79.9. The fraction of sp³-hybridized carbons (Fsp3) is 0.438. The van der Waals surface area contributed by atoms with Gasteiger partial charge in [-0.3, -0.25) is 4.68 Å². The first-order valence-electron chi connectivity index (χ1n) is 7.30. The third kappa shape index (κ3) is 3.68. The molecule has 0 unspecified atom stereocenters. The van der Waals surface area contributed by atoms with Gasteiger partial charge in [-0.2, -0.15) is 5.10 Å². The van der Waals surface area contributed by atoms with E-state index >= 15 is 0 Å². The van der Waals surface area contributed by atoms with Gasteiger partial charge in [0.05, 0.1) is 15.9 Å². The zero-order valence-corrected chi connectivity index (χ0v) is 15.0. The lowest BCUT2D eigenvalue weighted by Crippen LogP contribution is -2.20. The van der Waals surface area contributed by atoms with Crippen LogP contribution in [0.3, 0.4) is 0 Å². The topological polar surface area (TPSA) is 29.9 Å². The second-order valence-electron chi connectivity index (χ2n) is 5.00. The first kappa shape index (κ1) is 16.5. The van der Waals surface area contributed by atoms with Gasteiger partial charge in [0.2, 0.25) is 0 Å². The van der Waals surface area contributed by atoms with Gasteiger partial charge in [0.25, 0.3) is 0 Å². The number of nitrogens with one attached hydrogen (secondary N) is 1. The summed E-state index contributed by atoms with van der Waals surface area (Å²) in [5.74, 6) is 0. The molecule has 114 valence electrons. The van der Waals surface area contributed by atoms with Gasteiger partial charge in [-0.15, -0.1) is 0 Å². The van der Waals surface area contributed by atoms with Crippen LogP contribution >= 0.6 is 27.5 Å². The van der Waals surface area contributed by atoms with Crippen molar-refractivity contribution in [2.24, 2.45) is 0 Å². The summed E-state index contributed by atoms with van der Waals surface area (Å²) in [6.45, 7) is 7.99. The van der Waals surface area contributed by atoms with Crippen molar-refractivity contribution < 1.29 is 0 Å². The van der Waals surface area contributed by atoms with Crippen LogP contribution in [-0.2, 0) is 19.5 Å². The maximum atomic E-state index is 6.25. The van der Waals surface area contributed by atoms with Crippen LogP contribution in [0.4, 0.5) is 0 Å². The summed E-state index contributed by atoms with van der Waals surface area (Å²) in [4.78, 5) is 0. The molecule has 1 aromatic heterocycles. The number of halogens is 2. The second-order valence-corrected chi connectivity index (χ2v) is 6.20. The molecule has 0 radical (unpaired) electrons. The van der Waals surface area contributed by atoms with E-state index < -0.39 is 0 Å². The Kier molecular flexibility index (Phi) is 5.85. The van der Waals surface area contributed by atoms with Crippen LogP contribution in [-0.4, -0.2) is 9.78 Å². The molecule has 0 saturated carbocycles. The molecule has 21 heavy (non-hydrogen) atoms. The van der Waals surface area contributed by atoms with Crippen molar-refractivity contribution >= 4 is 27.5 Å². The Morgan fingerprint density at radius 2 is 2.05 bits per heavy atom. The average molecular weight is 371 g/mol. The minimum atomic E-state index is 0.191. The third-order valence-corrected chi connectivity index (χ3v) is 4.90. The summed E-state index contributed by atoms with van der Waals surface area (Å²) < 4.78 is 3.17. The van der Waals surface area contributed by atoms with Crippen LogP contribution in [0.15, 0.2) is 28.7 Å². The van der Waals surface area contributed by atoms with Crippen LogP contribution in [0, 0.1) is 0 Å². The molecule has 0 aliphatic carbocycles. The van der Waals surface area contributed by atoms with Crippen LogP contribution in [0.25, 0.3) is 0 Å². The maximum absolute atomic E-state index is 6.25. The van der Waals surface area contributed by atoms with Crippen molar-refractivity contribution in [1.82, 2.24) is 15.1 Å². The number of aromatic nitrogens is 2. The standard InChI is InChI=1S/C16H21BrClN3/c1-4-14-16(17)15(21(5-2)20-14)10-19-11(3)12-8-6-7-9-13(12)18/h6-9,11,19H,4-5,10H2,1-3H3/t11-/m1/s1. The van der Waals surface area contributed by atoms with Gasteiger partial charge in [0.1, 0.15) is 0 Å². The summed E-state index contributed by atoms with van der Waals surface area (Å²) >= 11 is 9.92. The van der Waals surface area contributed by atoms with Crippen molar-refractivity contribution in [1.29, 1.82) is 0 Å². The van der Waals surface area contributed by atoms with Gasteiger partial charge in [0, 0.05) is 24.2 Å². The molecule has 2 rings (SSSR count). The molecule has 1 N–H and O–H groups in total. The van der Waals surface area contributed by atoms with Gasteiger partial charge in [-0.1, -0.05) is 36.7 Å². The summed E-state index contributed by atoms with van der Waals surface area (Å²) in [5, 5.41) is 8.95. The number of benzene rings is 1. The first-order valence-corrected chi connectivity index (χ1v) is 8.47. The quantitative estimate of drug-likeness (QED) is 0.796. The monoisotopic (exact) mass is 369 g/mol. The van der Waals surface area contributed by atoms with E-state index in [-0.39, 0.29) is 6.04 Å². The number of nitrogens with zero attached hydrogens (tertiary/aromatic N) is 2. The molecular weight excluding hydrogens is 350 g/mol. The number of aryl methyl sites for hydroxylation is 2. The molecule has 2 aromatic rings. The maximum Gasteiger partial charge on any atom is 0.0767 e. The second kappa shape index (κ2) is 7.43. The summed E-state index contributed by atoms with van der Waals surface area (Å²) in [5.41, 5.74) is 3.42. The zero-order valence-electron chi connectivity index (χ0n) is 12.7. The van der Waals surface area contributed by atoms with Gasteiger partial charge in [0.15, 0.2) is 0 Å². The Bertz CT molecular complexity index is 610. The Morgan fingerprint density at radius 1 is 1.33 bits per heavy atom. The van der Waals surface area contributed by atoms with E-state index in [2.05, 4.69) is 57.9 Å². The Balaban J connectivity index is 2.13. The van der Waals surface area contributed by atoms with Gasteiger partial charge in [-0.05, 0) is 47.8 Å². The summed E-state index contributed by atoms with van der Waals surface area (Å²) in [6.07, 6.45) is 0.931. The van der Waals surface area contributed by atoms with E-state index in [4.69, 9.17) is 11.6 Å². The van der Waals surface area contributed by atoms with Crippen molar-refractivity contribution in [3.63, 3.8) is 0 Å². The van der Waals surface area contributed by atoms with Crippen LogP contribution < -0.4 is 5.32 Å². The van der Waals surface area contributed by atoms with Gasteiger partial charge in [-0.25, -0.2) is 0 Å². The number of rotatable bonds is 6. The predicted octanol–water partition coefficient (Wildman–Crippen LogP) is 4.73. The minimum absolute atomic E-state index is 0.191. The number of hydrogen-bond donors (Lipinski definition) is 1. The van der Waals surface area contributed by atoms with Crippen molar-refractivity contribution in [3.05, 3.63) is 50.7 Å². The normalized spacial score (nSPS) is 12.6. The average Bonchev–Trinajstić information content (AvgIpc) is 2.80. The molecular formula is C16H21BrClN3. The van der Waals surface area contributed by atoms with E-state index in [1.807, 2.05) is 18.2 Å². The summed E-state index contributed by atoms with van der Waals surface area (Å²) in [7, 11) is 0. The molecule has 0 fully saturated rings. The molecule has 0 saturated heterocycles. The SMILES string of the molecule is CCc1nn(CC)c(CN[C@H](C)c2ccccc2Cl)c1Br. The fourth-order valence-corrected chi connectivity index (χ4v) is 3.38. The van der Waals surface area contributed by atoms with E-state index in [0.717, 1.165) is 40.3 Å². The molecule has 1 heterocycles. The highest BCUT2D eigenvalue weighted by molar-refractivity contribution is 9.10. The fourth-order valence-electron chi connectivity index (χ4n) is 2.37. The lowest BCUT2D eigenvalue weighted by Gasteiger charge is -2.16. The van der Waals surface area contributed by atoms with Crippen LogP contribution in [0.5, 0.6) is 0 Å². The van der Waals surface area contributed by atoms with Crippen LogP contribution in [0.2, 0.25) is 5.02 Å². The molecule has 1 aromatic carbocycles. The van der Waals surface area contributed by atoms with E-state index in [1.54, 1.807) is 0 Å². The molecule has 5 heteroatoms. The molecule has 0 bridgehead atoms. The minimum Gasteiger partial charge on any atom is -0.304 e. The molecule has 0 aliphatic rings. The molecule has 0 aliphatic heterocycles. The molecule has 0 spiro atoms. The Hall–Kier alpha value is -0.840. The van der Waals surface area contributed by atoms with Crippen molar-refractivity contribution in [2.75, 3.05) is 0 Å². The predicted molar refractivity (Wildman–Crippen MR) is 91.7 cm³/mol. The number of hydrogen-bond acceptors (Lipinski definition) is 2. The van der Waals surface area contributed by atoms with Crippen molar-refractivity contribution in [3.8, 4) is 0 Å². The zero-order chi connectivity index (χ0) is 15.4. The van der Waals surface area contributed by atoms with E-state index in [1.165, 1.54) is 5.69 Å².